The summed E-state index contributed by atoms with van der Waals surface area (Å²) in [5, 5.41) is 5.26. The molecule has 102 valence electrons. The van der Waals surface area contributed by atoms with Crippen molar-refractivity contribution in [3.05, 3.63) is 41.0 Å². The number of pyridine rings is 1. The smallest absolute Gasteiger partial charge is 0.140 e. The normalized spacial score (nSPS) is 12.7. The Hall–Kier alpha value is -2.88. The van der Waals surface area contributed by atoms with Gasteiger partial charge in [0.15, 0.2) is 0 Å². The molecule has 0 unspecified atom stereocenters. The molecule has 4 aromatic rings. The molecule has 0 aliphatic carbocycles. The van der Waals surface area contributed by atoms with Crippen LogP contribution >= 0.6 is 0 Å². The fraction of sp³-hybridized carbons (Fsp3) is 0.0588. The molecule has 0 aliphatic rings. The number of rotatable bonds is 1. The molecule has 0 saturated carbocycles. The summed E-state index contributed by atoms with van der Waals surface area (Å²) in [6.07, 6.45) is 3.57. The average molecular weight is 274 g/mol. The van der Waals surface area contributed by atoms with Crippen LogP contribution in [-0.2, 0) is 7.05 Å². The fourth-order valence-corrected chi connectivity index (χ4v) is 3.09. The Morgan fingerprint density at radius 1 is 1.29 bits per heavy atom. The van der Waals surface area contributed by atoms with Crippen molar-refractivity contribution in [2.24, 2.45) is 12.0 Å². The van der Waals surface area contributed by atoms with E-state index in [0.29, 0.717) is 0 Å². The van der Waals surface area contributed by atoms with Gasteiger partial charge in [0.1, 0.15) is 5.65 Å². The first kappa shape index (κ1) is 11.9. The van der Waals surface area contributed by atoms with Crippen LogP contribution in [0.2, 0.25) is 0 Å². The number of fused-ring (bicyclic) bond motifs is 5. The minimum absolute atomic E-state index is 0.853. The first-order chi connectivity index (χ1) is 10.2. The molecule has 0 aliphatic heterocycles. The Balaban J connectivity index is 2.38. The van der Waals surface area contributed by atoms with Crippen molar-refractivity contribution < 1.29 is 0 Å². The van der Waals surface area contributed by atoms with E-state index in [4.69, 9.17) is 0 Å². The Morgan fingerprint density at radius 3 is 2.95 bits per heavy atom. The molecule has 1 N–H and O–H groups in total. The highest BCUT2D eigenvalue weighted by Crippen LogP contribution is 2.30. The molecular formula is C17H14N4. The van der Waals surface area contributed by atoms with E-state index in [-0.39, 0.29) is 0 Å². The molecule has 1 aromatic carbocycles. The lowest BCUT2D eigenvalue weighted by Gasteiger charge is -1.97. The van der Waals surface area contributed by atoms with Crippen LogP contribution in [0.15, 0.2) is 35.5 Å². The third kappa shape index (κ3) is 1.44. The molecule has 0 fully saturated rings. The summed E-state index contributed by atoms with van der Waals surface area (Å²) in [5.74, 6) is 0. The highest BCUT2D eigenvalue weighted by atomic mass is 15.0. The third-order valence-electron chi connectivity index (χ3n) is 4.03. The van der Waals surface area contributed by atoms with Crippen molar-refractivity contribution in [2.45, 2.75) is 0 Å². The van der Waals surface area contributed by atoms with Crippen molar-refractivity contribution in [3.8, 4) is 0 Å². The molecule has 0 spiro atoms. The summed E-state index contributed by atoms with van der Waals surface area (Å²) < 4.78 is 2.11. The number of nitrogens with one attached hydrogen (secondary N) is 1. The van der Waals surface area contributed by atoms with Gasteiger partial charge in [-0.25, -0.2) is 4.98 Å². The van der Waals surface area contributed by atoms with E-state index in [0.717, 1.165) is 38.0 Å². The van der Waals surface area contributed by atoms with Crippen molar-refractivity contribution in [1.29, 1.82) is 0 Å². The third-order valence-corrected chi connectivity index (χ3v) is 4.03. The summed E-state index contributed by atoms with van der Waals surface area (Å²) in [5.41, 5.74) is 3.20. The highest BCUT2D eigenvalue weighted by Gasteiger charge is 2.13. The minimum atomic E-state index is 0.853. The van der Waals surface area contributed by atoms with E-state index in [1.54, 1.807) is 6.20 Å². The maximum atomic E-state index is 4.49. The predicted octanol–water partition coefficient (Wildman–Crippen LogP) is 2.06. The number of hydrogen-bond donors (Lipinski definition) is 1. The van der Waals surface area contributed by atoms with Crippen LogP contribution in [0.1, 0.15) is 0 Å². The number of aromatic amines is 1. The van der Waals surface area contributed by atoms with Crippen molar-refractivity contribution >= 4 is 52.3 Å². The SMILES string of the molecule is C=N/C=c1\c(=C)[nH]c2c1ccc1c2c2cccnc2n1C. The zero-order chi connectivity index (χ0) is 14.6. The maximum absolute atomic E-state index is 4.49. The Kier molecular flexibility index (Phi) is 2.30. The number of aliphatic imine (C=N–C) groups is 1. The zero-order valence-corrected chi connectivity index (χ0v) is 11.7. The minimum Gasteiger partial charge on any atom is -0.354 e. The number of aromatic nitrogens is 3. The van der Waals surface area contributed by atoms with Gasteiger partial charge in [-0.05, 0) is 24.9 Å². The van der Waals surface area contributed by atoms with Crippen LogP contribution in [0.3, 0.4) is 0 Å². The van der Waals surface area contributed by atoms with E-state index in [1.807, 2.05) is 19.3 Å². The fourth-order valence-electron chi connectivity index (χ4n) is 3.09. The lowest BCUT2D eigenvalue weighted by atomic mass is 10.1. The average Bonchev–Trinajstić information content (AvgIpc) is 2.97. The largest absolute Gasteiger partial charge is 0.354 e. The molecule has 0 bridgehead atoms. The van der Waals surface area contributed by atoms with Gasteiger partial charge in [-0.3, -0.25) is 4.99 Å². The van der Waals surface area contributed by atoms with E-state index < -0.39 is 0 Å². The molecule has 0 saturated heterocycles. The van der Waals surface area contributed by atoms with Crippen molar-refractivity contribution in [1.82, 2.24) is 14.5 Å². The second-order valence-corrected chi connectivity index (χ2v) is 5.14. The van der Waals surface area contributed by atoms with Gasteiger partial charge in [-0.2, -0.15) is 0 Å². The Morgan fingerprint density at radius 2 is 2.14 bits per heavy atom. The molecule has 0 atom stereocenters. The van der Waals surface area contributed by atoms with E-state index in [1.165, 1.54) is 5.39 Å². The summed E-state index contributed by atoms with van der Waals surface area (Å²) in [7, 11) is 2.04. The summed E-state index contributed by atoms with van der Waals surface area (Å²) in [6, 6.07) is 8.28. The molecule has 4 rings (SSSR count). The van der Waals surface area contributed by atoms with Crippen LogP contribution in [0, 0.1) is 0 Å². The van der Waals surface area contributed by atoms with Crippen molar-refractivity contribution in [3.63, 3.8) is 0 Å². The monoisotopic (exact) mass is 274 g/mol. The predicted molar refractivity (Wildman–Crippen MR) is 88.9 cm³/mol. The molecule has 21 heavy (non-hydrogen) atoms. The maximum Gasteiger partial charge on any atom is 0.140 e. The van der Waals surface area contributed by atoms with Gasteiger partial charge in [0.25, 0.3) is 0 Å². The number of nitrogens with zero attached hydrogens (tertiary/aromatic N) is 3. The highest BCUT2D eigenvalue weighted by molar-refractivity contribution is 6.18. The van der Waals surface area contributed by atoms with Gasteiger partial charge in [0.2, 0.25) is 0 Å². The lowest BCUT2D eigenvalue weighted by molar-refractivity contribution is 0.990. The van der Waals surface area contributed by atoms with Gasteiger partial charge < -0.3 is 9.55 Å². The second-order valence-electron chi connectivity index (χ2n) is 5.14. The van der Waals surface area contributed by atoms with Crippen LogP contribution in [-0.4, -0.2) is 21.3 Å². The molecule has 3 aromatic heterocycles. The van der Waals surface area contributed by atoms with Gasteiger partial charge >= 0.3 is 0 Å². The zero-order valence-electron chi connectivity index (χ0n) is 11.7. The van der Waals surface area contributed by atoms with Gasteiger partial charge in [0.05, 0.1) is 11.0 Å². The number of aryl methyl sites for hydroxylation is 1. The summed E-state index contributed by atoms with van der Waals surface area (Å²) in [6.45, 7) is 7.61. The molecule has 3 heterocycles. The van der Waals surface area contributed by atoms with Crippen molar-refractivity contribution in [2.75, 3.05) is 0 Å². The standard InChI is InChI=1S/C17H14N4/c1-10-13(9-18-2)11-6-7-14-15(16(11)20-10)12-5-4-8-19-17(12)21(14)3/h4-9,20H,1-2H2,3H3/b13-9+. The quantitative estimate of drug-likeness (QED) is 0.531. The molecule has 0 radical (unpaired) electrons. The summed E-state index contributed by atoms with van der Waals surface area (Å²) >= 11 is 0. The Bertz CT molecular complexity index is 1130. The molecular weight excluding hydrogens is 260 g/mol. The molecule has 4 nitrogen and oxygen atoms in total. The van der Waals surface area contributed by atoms with Gasteiger partial charge in [0, 0.05) is 46.2 Å². The summed E-state index contributed by atoms with van der Waals surface area (Å²) in [4.78, 5) is 11.8. The lowest BCUT2D eigenvalue weighted by Crippen LogP contribution is -2.19. The number of benzene rings is 1. The van der Waals surface area contributed by atoms with E-state index in [2.05, 4.69) is 51.0 Å². The van der Waals surface area contributed by atoms with Gasteiger partial charge in [-0.1, -0.05) is 12.6 Å². The number of hydrogen-bond acceptors (Lipinski definition) is 2. The van der Waals surface area contributed by atoms with Crippen LogP contribution < -0.4 is 10.6 Å². The molecule has 4 heteroatoms. The second kappa shape index (κ2) is 4.06. The van der Waals surface area contributed by atoms with E-state index >= 15 is 0 Å². The van der Waals surface area contributed by atoms with E-state index in [9.17, 15) is 0 Å². The first-order valence-corrected chi connectivity index (χ1v) is 6.71. The van der Waals surface area contributed by atoms with Crippen LogP contribution in [0.4, 0.5) is 0 Å². The van der Waals surface area contributed by atoms with Crippen LogP contribution in [0.25, 0.3) is 45.6 Å². The topological polar surface area (TPSA) is 46.0 Å². The number of H-pyrrole nitrogens is 1. The first-order valence-electron chi connectivity index (χ1n) is 6.71. The van der Waals surface area contributed by atoms with Gasteiger partial charge in [-0.15, -0.1) is 0 Å². The van der Waals surface area contributed by atoms with Crippen LogP contribution in [0.5, 0.6) is 0 Å². The molecule has 0 amide bonds. The Labute approximate surface area is 120 Å².